The minimum absolute atomic E-state index is 0.129. The number of carboxylic acid groups (broad SMARTS) is 1. The normalized spacial score (nSPS) is 21.4. The van der Waals surface area contributed by atoms with Crippen LogP contribution in [0.15, 0.2) is 30.5 Å². The first-order valence-corrected chi connectivity index (χ1v) is 6.67. The fraction of sp³-hybridized carbons (Fsp3) is 0.333. The van der Waals surface area contributed by atoms with Gasteiger partial charge >= 0.3 is 5.97 Å². The van der Waals surface area contributed by atoms with Gasteiger partial charge in [0.25, 0.3) is 0 Å². The third-order valence-electron chi connectivity index (χ3n) is 3.77. The summed E-state index contributed by atoms with van der Waals surface area (Å²) in [4.78, 5) is 15.9. The Hall–Kier alpha value is -2.34. The summed E-state index contributed by atoms with van der Waals surface area (Å²) in [6, 6.07) is 7.45. The number of hydrogen-bond donors (Lipinski definition) is 2. The molecule has 0 spiro atoms. The molecule has 1 unspecified atom stereocenters. The Balaban J connectivity index is 2.07. The lowest BCUT2D eigenvalue weighted by atomic mass is 9.98. The summed E-state index contributed by atoms with van der Waals surface area (Å²) >= 11 is 0. The molecule has 1 saturated heterocycles. The lowest BCUT2D eigenvalue weighted by Gasteiger charge is -2.25. The van der Waals surface area contributed by atoms with Crippen molar-refractivity contribution in [2.75, 3.05) is 25.6 Å². The number of carbonyl (C=O) groups is 1. The van der Waals surface area contributed by atoms with Crippen LogP contribution in [0.1, 0.15) is 6.42 Å². The van der Waals surface area contributed by atoms with Crippen LogP contribution in [-0.4, -0.2) is 41.9 Å². The van der Waals surface area contributed by atoms with E-state index in [9.17, 15) is 9.90 Å². The van der Waals surface area contributed by atoms with E-state index in [-0.39, 0.29) is 6.61 Å². The van der Waals surface area contributed by atoms with Gasteiger partial charge in [-0.3, -0.25) is 0 Å². The van der Waals surface area contributed by atoms with Crippen molar-refractivity contribution in [3.63, 3.8) is 0 Å². The van der Waals surface area contributed by atoms with E-state index < -0.39 is 11.5 Å². The summed E-state index contributed by atoms with van der Waals surface area (Å²) in [6.07, 6.45) is 2.04. The molecular weight excluding hydrogens is 272 g/mol. The number of hydrogen-bond acceptors (Lipinski definition) is 5. The summed E-state index contributed by atoms with van der Waals surface area (Å²) in [7, 11) is 1.60. The van der Waals surface area contributed by atoms with Gasteiger partial charge in [-0.05, 0) is 12.1 Å². The van der Waals surface area contributed by atoms with Crippen molar-refractivity contribution in [2.24, 2.45) is 0 Å². The number of aliphatic carboxylic acids is 1. The second-order valence-electron chi connectivity index (χ2n) is 5.03. The highest BCUT2D eigenvalue weighted by atomic mass is 16.5. The third kappa shape index (κ3) is 2.27. The molecule has 0 aliphatic carbocycles. The number of fused-ring (bicyclic) bond motifs is 1. The van der Waals surface area contributed by atoms with Gasteiger partial charge in [0.2, 0.25) is 0 Å². The molecule has 21 heavy (non-hydrogen) atoms. The molecule has 1 aromatic carbocycles. The second-order valence-corrected chi connectivity index (χ2v) is 5.03. The first-order valence-electron chi connectivity index (χ1n) is 6.67. The summed E-state index contributed by atoms with van der Waals surface area (Å²) in [5, 5.41) is 14.3. The van der Waals surface area contributed by atoms with Gasteiger partial charge in [0.1, 0.15) is 11.6 Å². The van der Waals surface area contributed by atoms with Crippen LogP contribution in [0.3, 0.4) is 0 Å². The van der Waals surface area contributed by atoms with Crippen LogP contribution in [0.2, 0.25) is 0 Å². The van der Waals surface area contributed by atoms with Gasteiger partial charge in [0.15, 0.2) is 5.54 Å². The highest BCUT2D eigenvalue weighted by Gasteiger charge is 2.43. The molecule has 2 aromatic rings. The number of benzene rings is 1. The van der Waals surface area contributed by atoms with Crippen molar-refractivity contribution < 1.29 is 19.4 Å². The number of nitrogens with zero attached hydrogens (tertiary/aromatic N) is 1. The second kappa shape index (κ2) is 5.21. The number of carboxylic acids is 1. The van der Waals surface area contributed by atoms with Crippen molar-refractivity contribution >= 4 is 22.6 Å². The van der Waals surface area contributed by atoms with Gasteiger partial charge in [-0.2, -0.15) is 0 Å². The number of anilines is 1. The first-order chi connectivity index (χ1) is 10.2. The van der Waals surface area contributed by atoms with Crippen molar-refractivity contribution in [1.82, 2.24) is 4.98 Å². The van der Waals surface area contributed by atoms with E-state index in [0.29, 0.717) is 18.8 Å². The Morgan fingerprint density at radius 2 is 2.29 bits per heavy atom. The topological polar surface area (TPSA) is 80.7 Å². The zero-order chi connectivity index (χ0) is 14.9. The molecule has 0 amide bonds. The monoisotopic (exact) mass is 288 g/mol. The maximum absolute atomic E-state index is 11.6. The van der Waals surface area contributed by atoms with Gasteiger partial charge in [-0.25, -0.2) is 9.78 Å². The summed E-state index contributed by atoms with van der Waals surface area (Å²) in [5.74, 6) is 0.325. The van der Waals surface area contributed by atoms with Gasteiger partial charge in [0, 0.05) is 30.0 Å². The molecule has 6 heteroatoms. The molecule has 1 aromatic heterocycles. The fourth-order valence-electron chi connectivity index (χ4n) is 2.57. The summed E-state index contributed by atoms with van der Waals surface area (Å²) in [6.45, 7) is 0.553. The van der Waals surface area contributed by atoms with E-state index >= 15 is 0 Å². The predicted octanol–water partition coefficient (Wildman–Crippen LogP) is 1.90. The van der Waals surface area contributed by atoms with E-state index in [1.165, 1.54) is 0 Å². The molecule has 110 valence electrons. The maximum Gasteiger partial charge on any atom is 0.331 e. The number of rotatable bonds is 4. The standard InChI is InChI=1S/C15H16N2O4/c1-20-12-4-2-3-11-10(12)5-7-16-13(11)17-15(14(18)19)6-8-21-9-15/h2-5,7H,6,8-9H2,1H3,(H,16,17)(H,18,19). The molecule has 0 radical (unpaired) electrons. The van der Waals surface area contributed by atoms with Gasteiger partial charge in [-0.1, -0.05) is 12.1 Å². The van der Waals surface area contributed by atoms with Crippen LogP contribution in [0.25, 0.3) is 10.8 Å². The van der Waals surface area contributed by atoms with Crippen LogP contribution in [0, 0.1) is 0 Å². The molecule has 6 nitrogen and oxygen atoms in total. The van der Waals surface area contributed by atoms with Gasteiger partial charge < -0.3 is 19.9 Å². The Labute approximate surface area is 121 Å². The molecule has 2 heterocycles. The van der Waals surface area contributed by atoms with Crippen molar-refractivity contribution in [2.45, 2.75) is 12.0 Å². The Morgan fingerprint density at radius 3 is 2.95 bits per heavy atom. The minimum atomic E-state index is -1.12. The molecule has 2 N–H and O–H groups in total. The van der Waals surface area contributed by atoms with Crippen LogP contribution in [-0.2, 0) is 9.53 Å². The van der Waals surface area contributed by atoms with E-state index in [4.69, 9.17) is 9.47 Å². The fourth-order valence-corrected chi connectivity index (χ4v) is 2.57. The van der Waals surface area contributed by atoms with Crippen LogP contribution in [0.5, 0.6) is 5.75 Å². The number of nitrogens with one attached hydrogen (secondary N) is 1. The highest BCUT2D eigenvalue weighted by Crippen LogP contribution is 2.32. The quantitative estimate of drug-likeness (QED) is 0.894. The predicted molar refractivity (Wildman–Crippen MR) is 77.7 cm³/mol. The van der Waals surface area contributed by atoms with Crippen LogP contribution in [0.4, 0.5) is 5.82 Å². The molecule has 3 rings (SSSR count). The maximum atomic E-state index is 11.6. The van der Waals surface area contributed by atoms with Crippen LogP contribution < -0.4 is 10.1 Å². The Morgan fingerprint density at radius 1 is 1.43 bits per heavy atom. The van der Waals surface area contributed by atoms with Gasteiger partial charge in [0.05, 0.1) is 13.7 Å². The van der Waals surface area contributed by atoms with Crippen molar-refractivity contribution in [3.05, 3.63) is 30.5 Å². The largest absolute Gasteiger partial charge is 0.496 e. The third-order valence-corrected chi connectivity index (χ3v) is 3.77. The van der Waals surface area contributed by atoms with E-state index in [1.54, 1.807) is 13.3 Å². The average molecular weight is 288 g/mol. The molecule has 1 atom stereocenters. The molecular formula is C15H16N2O4. The molecule has 0 bridgehead atoms. The van der Waals surface area contributed by atoms with E-state index in [2.05, 4.69) is 10.3 Å². The zero-order valence-corrected chi connectivity index (χ0v) is 11.6. The summed E-state index contributed by atoms with van der Waals surface area (Å²) < 4.78 is 10.6. The average Bonchev–Trinajstić information content (AvgIpc) is 2.97. The zero-order valence-electron chi connectivity index (χ0n) is 11.6. The smallest absolute Gasteiger partial charge is 0.331 e. The number of aromatic nitrogens is 1. The minimum Gasteiger partial charge on any atom is -0.496 e. The Bertz CT molecular complexity index is 680. The lowest BCUT2D eigenvalue weighted by Crippen LogP contribution is -2.47. The number of methoxy groups -OCH3 is 1. The Kier molecular flexibility index (Phi) is 3.39. The SMILES string of the molecule is COc1cccc2c(NC3(C(=O)O)CCOC3)nccc12. The van der Waals surface area contributed by atoms with Crippen molar-refractivity contribution in [1.29, 1.82) is 0 Å². The van der Waals surface area contributed by atoms with Crippen LogP contribution >= 0.6 is 0 Å². The van der Waals surface area contributed by atoms with Gasteiger partial charge in [-0.15, -0.1) is 0 Å². The number of pyridine rings is 1. The number of ether oxygens (including phenoxy) is 2. The van der Waals surface area contributed by atoms with E-state index in [0.717, 1.165) is 16.5 Å². The molecule has 1 aliphatic rings. The van der Waals surface area contributed by atoms with E-state index in [1.807, 2.05) is 24.3 Å². The molecule has 1 fully saturated rings. The first kappa shape index (κ1) is 13.6. The van der Waals surface area contributed by atoms with Crippen molar-refractivity contribution in [3.8, 4) is 5.75 Å². The molecule has 0 saturated carbocycles. The highest BCUT2D eigenvalue weighted by molar-refractivity contribution is 5.97. The molecule has 1 aliphatic heterocycles. The lowest BCUT2D eigenvalue weighted by molar-refractivity contribution is -0.142. The summed E-state index contributed by atoms with van der Waals surface area (Å²) in [5.41, 5.74) is -1.12.